The first kappa shape index (κ1) is 24.5. The van der Waals surface area contributed by atoms with Crippen LogP contribution in [0.1, 0.15) is 31.2 Å². The fourth-order valence-corrected chi connectivity index (χ4v) is 6.54. The summed E-state index contributed by atoms with van der Waals surface area (Å²) < 4.78 is 16.8. The van der Waals surface area contributed by atoms with Crippen LogP contribution in [0.5, 0.6) is 11.5 Å². The number of anilines is 1. The van der Waals surface area contributed by atoms with Gasteiger partial charge < -0.3 is 19.3 Å². The molecule has 3 aliphatic rings. The molecule has 2 saturated heterocycles. The molecular formula is C28H31ClN4O3S. The van der Waals surface area contributed by atoms with E-state index < -0.39 is 0 Å². The lowest BCUT2D eigenvalue weighted by Gasteiger charge is -2.39. The molecule has 0 spiro atoms. The number of amides is 1. The molecule has 0 aliphatic carbocycles. The number of hydrogen-bond acceptors (Lipinski definition) is 7. The van der Waals surface area contributed by atoms with E-state index in [0.717, 1.165) is 69.9 Å². The predicted molar refractivity (Wildman–Crippen MR) is 149 cm³/mol. The van der Waals surface area contributed by atoms with Gasteiger partial charge in [-0.3, -0.25) is 9.69 Å². The number of likely N-dealkylation sites (tertiary alicyclic amines) is 1. The molecule has 0 radical (unpaired) electrons. The van der Waals surface area contributed by atoms with Crippen molar-refractivity contribution in [1.29, 1.82) is 0 Å². The molecule has 37 heavy (non-hydrogen) atoms. The summed E-state index contributed by atoms with van der Waals surface area (Å²) in [7, 11) is 0. The highest BCUT2D eigenvalue weighted by atomic mass is 35.5. The van der Waals surface area contributed by atoms with E-state index in [2.05, 4.69) is 39.0 Å². The highest BCUT2D eigenvalue weighted by Crippen LogP contribution is 2.37. The summed E-state index contributed by atoms with van der Waals surface area (Å²) in [5.41, 5.74) is 0.763. The maximum absolute atomic E-state index is 13.2. The third-order valence-corrected chi connectivity index (χ3v) is 8.76. The lowest BCUT2D eigenvalue weighted by molar-refractivity contribution is -0.129. The fraction of sp³-hybridized carbons (Fsp3) is 0.429. The first-order valence-electron chi connectivity index (χ1n) is 13.1. The van der Waals surface area contributed by atoms with Gasteiger partial charge >= 0.3 is 0 Å². The molecule has 6 rings (SSSR count). The quantitative estimate of drug-likeness (QED) is 0.398. The van der Waals surface area contributed by atoms with Crippen LogP contribution in [0, 0.1) is 0 Å². The van der Waals surface area contributed by atoms with Gasteiger partial charge in [0, 0.05) is 62.8 Å². The Hall–Kier alpha value is -2.81. The van der Waals surface area contributed by atoms with Crippen molar-refractivity contribution in [2.75, 3.05) is 51.0 Å². The van der Waals surface area contributed by atoms with Crippen molar-refractivity contribution in [2.45, 2.75) is 31.7 Å². The van der Waals surface area contributed by atoms with E-state index in [9.17, 15) is 4.79 Å². The minimum atomic E-state index is 0.0543. The number of piperazine rings is 1. The number of aromatic nitrogens is 1. The van der Waals surface area contributed by atoms with Crippen molar-refractivity contribution < 1.29 is 14.3 Å². The number of carbonyl (C=O) groups is 1. The van der Waals surface area contributed by atoms with Crippen LogP contribution in [-0.4, -0.2) is 72.2 Å². The minimum Gasteiger partial charge on any atom is -0.454 e. The largest absolute Gasteiger partial charge is 0.454 e. The first-order chi connectivity index (χ1) is 18.2. The maximum Gasteiger partial charge on any atom is 0.246 e. The zero-order chi connectivity index (χ0) is 25.2. The monoisotopic (exact) mass is 538 g/mol. The van der Waals surface area contributed by atoms with Crippen LogP contribution in [0.2, 0.25) is 5.02 Å². The second-order valence-corrected chi connectivity index (χ2v) is 11.1. The van der Waals surface area contributed by atoms with Gasteiger partial charge in [-0.05, 0) is 67.1 Å². The molecule has 0 saturated carbocycles. The summed E-state index contributed by atoms with van der Waals surface area (Å²) in [6.45, 7) is 6.04. The molecule has 1 atom stereocenters. The normalized spacial score (nSPS) is 20.3. The number of nitrogens with zero attached hydrogens (tertiary/aromatic N) is 4. The van der Waals surface area contributed by atoms with Crippen LogP contribution < -0.4 is 14.4 Å². The zero-order valence-corrected chi connectivity index (χ0v) is 22.3. The van der Waals surface area contributed by atoms with Gasteiger partial charge in [0.05, 0.1) is 9.72 Å². The highest BCUT2D eigenvalue weighted by molar-refractivity contribution is 7.13. The topological polar surface area (TPSA) is 58.1 Å². The van der Waals surface area contributed by atoms with Gasteiger partial charge in [-0.2, -0.15) is 4.37 Å². The van der Waals surface area contributed by atoms with Gasteiger partial charge in [0.2, 0.25) is 12.7 Å². The van der Waals surface area contributed by atoms with E-state index >= 15 is 0 Å². The van der Waals surface area contributed by atoms with E-state index in [1.807, 2.05) is 6.07 Å². The van der Waals surface area contributed by atoms with Gasteiger partial charge in [-0.15, -0.1) is 0 Å². The summed E-state index contributed by atoms with van der Waals surface area (Å²) in [4.78, 5) is 20.2. The SMILES string of the molecule is O=C(C=Cc1cc2c(cc1Cl)OCO2)N1CCCC[C@@H]1CCN1CCN(c2nsc3ccccc23)CC1. The van der Waals surface area contributed by atoms with Crippen molar-refractivity contribution >= 4 is 51.0 Å². The number of hydrogen-bond donors (Lipinski definition) is 0. The smallest absolute Gasteiger partial charge is 0.246 e. The van der Waals surface area contributed by atoms with Crippen LogP contribution in [0.3, 0.4) is 0 Å². The summed E-state index contributed by atoms with van der Waals surface area (Å²) in [6, 6.07) is 12.3. The van der Waals surface area contributed by atoms with E-state index in [4.69, 9.17) is 25.4 Å². The van der Waals surface area contributed by atoms with Crippen LogP contribution in [-0.2, 0) is 4.79 Å². The van der Waals surface area contributed by atoms with Crippen LogP contribution in [0.4, 0.5) is 5.82 Å². The zero-order valence-electron chi connectivity index (χ0n) is 20.8. The molecule has 0 N–H and O–H groups in total. The molecule has 7 nitrogen and oxygen atoms in total. The number of rotatable bonds is 6. The highest BCUT2D eigenvalue weighted by Gasteiger charge is 2.27. The Morgan fingerprint density at radius 1 is 1.08 bits per heavy atom. The minimum absolute atomic E-state index is 0.0543. The summed E-state index contributed by atoms with van der Waals surface area (Å²) in [5.74, 6) is 2.48. The van der Waals surface area contributed by atoms with Crippen LogP contribution in [0.15, 0.2) is 42.5 Å². The van der Waals surface area contributed by atoms with E-state index in [1.165, 1.54) is 16.5 Å². The van der Waals surface area contributed by atoms with Crippen molar-refractivity contribution in [3.63, 3.8) is 0 Å². The van der Waals surface area contributed by atoms with E-state index in [-0.39, 0.29) is 18.7 Å². The maximum atomic E-state index is 13.2. The number of piperidine rings is 1. The third-order valence-electron chi connectivity index (χ3n) is 7.62. The Bertz CT molecular complexity index is 1300. The van der Waals surface area contributed by atoms with Gasteiger partial charge in [-0.25, -0.2) is 0 Å². The van der Waals surface area contributed by atoms with Crippen molar-refractivity contribution in [3.8, 4) is 11.5 Å². The molecular weight excluding hydrogens is 508 g/mol. The van der Waals surface area contributed by atoms with Crippen molar-refractivity contribution in [2.24, 2.45) is 0 Å². The Morgan fingerprint density at radius 3 is 2.76 bits per heavy atom. The Morgan fingerprint density at radius 2 is 1.89 bits per heavy atom. The summed E-state index contributed by atoms with van der Waals surface area (Å²) >= 11 is 7.97. The number of fused-ring (bicyclic) bond motifs is 2. The lowest BCUT2D eigenvalue weighted by atomic mass is 9.98. The number of carbonyl (C=O) groups excluding carboxylic acids is 1. The second kappa shape index (κ2) is 10.9. The standard InChI is InChI=1S/C28H31ClN4O3S/c29-23-18-25-24(35-19-36-25)17-20(23)8-9-27(34)33-11-4-3-5-21(33)10-12-31-13-15-32(16-14-31)28-22-6-1-2-7-26(22)37-30-28/h1-2,6-9,17-18,21H,3-5,10-16,19H2/t21-/m1/s1. The molecule has 194 valence electrons. The van der Waals surface area contributed by atoms with Crippen molar-refractivity contribution in [3.05, 3.63) is 53.1 Å². The van der Waals surface area contributed by atoms with Crippen molar-refractivity contribution in [1.82, 2.24) is 14.2 Å². The molecule has 0 bridgehead atoms. The van der Waals surface area contributed by atoms with Gasteiger partial charge in [0.25, 0.3) is 0 Å². The fourth-order valence-electron chi connectivity index (χ4n) is 5.52. The van der Waals surface area contributed by atoms with Crippen LogP contribution >= 0.6 is 23.1 Å². The average Bonchev–Trinajstić information content (AvgIpc) is 3.57. The van der Waals surface area contributed by atoms with E-state index in [0.29, 0.717) is 16.5 Å². The second-order valence-electron chi connectivity index (χ2n) is 9.86. The lowest BCUT2D eigenvalue weighted by Crippen LogP contribution is -2.49. The number of benzene rings is 2. The summed E-state index contributed by atoms with van der Waals surface area (Å²) in [5, 5.41) is 1.81. The van der Waals surface area contributed by atoms with Gasteiger partial charge in [-0.1, -0.05) is 23.7 Å². The molecule has 4 heterocycles. The molecule has 1 amide bonds. The molecule has 3 aliphatic heterocycles. The average molecular weight is 539 g/mol. The molecule has 2 fully saturated rings. The Labute approximate surface area is 226 Å². The Balaban J connectivity index is 1.03. The number of ether oxygens (including phenoxy) is 2. The molecule has 0 unspecified atom stereocenters. The molecule has 1 aromatic heterocycles. The van der Waals surface area contributed by atoms with E-state index in [1.54, 1.807) is 29.8 Å². The molecule has 9 heteroatoms. The van der Waals surface area contributed by atoms with Crippen LogP contribution in [0.25, 0.3) is 16.2 Å². The molecule has 3 aromatic rings. The molecule has 2 aromatic carbocycles. The third kappa shape index (κ3) is 5.28. The predicted octanol–water partition coefficient (Wildman–Crippen LogP) is 5.29. The first-order valence-corrected chi connectivity index (χ1v) is 14.2. The van der Waals surface area contributed by atoms with Gasteiger partial charge in [0.15, 0.2) is 11.5 Å². The Kier molecular flexibility index (Phi) is 7.22. The number of halogens is 1. The van der Waals surface area contributed by atoms with Gasteiger partial charge in [0.1, 0.15) is 5.82 Å². The summed E-state index contributed by atoms with van der Waals surface area (Å²) in [6.07, 6.45) is 7.75.